The van der Waals surface area contributed by atoms with Gasteiger partial charge in [-0.3, -0.25) is 14.9 Å². The molecule has 1 amide bonds. The molecule has 1 aromatic carbocycles. The molecule has 19 heavy (non-hydrogen) atoms. The van der Waals surface area contributed by atoms with Crippen molar-refractivity contribution in [3.05, 3.63) is 39.4 Å². The van der Waals surface area contributed by atoms with Gasteiger partial charge in [0.15, 0.2) is 0 Å². The van der Waals surface area contributed by atoms with Crippen molar-refractivity contribution in [1.29, 1.82) is 0 Å². The largest absolute Gasteiger partial charge is 0.351 e. The third-order valence-corrected chi connectivity index (χ3v) is 2.99. The molecular weight excluding hydrogens is 268 g/mol. The van der Waals surface area contributed by atoms with E-state index >= 15 is 0 Å². The second kappa shape index (κ2) is 7.09. The number of hydrogen-bond donors (Lipinski definition) is 1. The van der Waals surface area contributed by atoms with Crippen molar-refractivity contribution in [2.45, 2.75) is 32.1 Å². The maximum absolute atomic E-state index is 11.9. The number of hydrogen-bond acceptors (Lipinski definition) is 3. The summed E-state index contributed by atoms with van der Waals surface area (Å²) in [5, 5.41) is 13.3. The number of carbonyl (C=O) groups excluding carboxylic acids is 1. The molecule has 104 valence electrons. The van der Waals surface area contributed by atoms with Gasteiger partial charge in [-0.15, -0.1) is 11.6 Å². The van der Waals surface area contributed by atoms with Gasteiger partial charge in [-0.1, -0.05) is 13.3 Å². The van der Waals surface area contributed by atoms with Crippen molar-refractivity contribution in [1.82, 2.24) is 5.32 Å². The van der Waals surface area contributed by atoms with Crippen LogP contribution in [0.1, 0.15) is 35.7 Å². The maximum atomic E-state index is 11.9. The summed E-state index contributed by atoms with van der Waals surface area (Å²) in [4.78, 5) is 22.1. The molecule has 0 aliphatic carbocycles. The van der Waals surface area contributed by atoms with Gasteiger partial charge in [0.05, 0.1) is 10.3 Å². The average molecular weight is 285 g/mol. The predicted octanol–water partition coefficient (Wildman–Crippen LogP) is 3.04. The molecule has 0 saturated heterocycles. The summed E-state index contributed by atoms with van der Waals surface area (Å²) >= 11 is 6.00. The first kappa shape index (κ1) is 15.4. The SMILES string of the molecule is CCCC(Cl)CNC(=O)c1cc(C)cc([N+](=O)[O-])c1. The van der Waals surface area contributed by atoms with Crippen LogP contribution < -0.4 is 5.32 Å². The van der Waals surface area contributed by atoms with E-state index in [-0.39, 0.29) is 22.5 Å². The Morgan fingerprint density at radius 3 is 2.74 bits per heavy atom. The number of nitrogens with zero attached hydrogens (tertiary/aromatic N) is 1. The summed E-state index contributed by atoms with van der Waals surface area (Å²) in [6, 6.07) is 4.31. The fourth-order valence-electron chi connectivity index (χ4n) is 1.72. The number of benzene rings is 1. The van der Waals surface area contributed by atoms with E-state index in [0.717, 1.165) is 12.8 Å². The lowest BCUT2D eigenvalue weighted by Gasteiger charge is -2.10. The number of rotatable bonds is 6. The summed E-state index contributed by atoms with van der Waals surface area (Å²) < 4.78 is 0. The number of non-ortho nitro benzene ring substituents is 1. The van der Waals surface area contributed by atoms with Gasteiger partial charge in [0.1, 0.15) is 0 Å². The molecule has 0 fully saturated rings. The maximum Gasteiger partial charge on any atom is 0.270 e. The smallest absolute Gasteiger partial charge is 0.270 e. The molecule has 5 nitrogen and oxygen atoms in total. The third-order valence-electron chi connectivity index (χ3n) is 2.62. The van der Waals surface area contributed by atoms with Crippen molar-refractivity contribution in [3.63, 3.8) is 0 Å². The molecular formula is C13H17ClN2O3. The highest BCUT2D eigenvalue weighted by molar-refractivity contribution is 6.20. The Bertz CT molecular complexity index is 477. The van der Waals surface area contributed by atoms with Gasteiger partial charge < -0.3 is 5.32 Å². The van der Waals surface area contributed by atoms with Crippen LogP contribution in [-0.2, 0) is 0 Å². The van der Waals surface area contributed by atoms with Crippen LogP contribution in [0.2, 0.25) is 0 Å². The number of amides is 1. The lowest BCUT2D eigenvalue weighted by molar-refractivity contribution is -0.384. The van der Waals surface area contributed by atoms with E-state index < -0.39 is 4.92 Å². The van der Waals surface area contributed by atoms with E-state index in [0.29, 0.717) is 12.1 Å². The minimum Gasteiger partial charge on any atom is -0.351 e. The van der Waals surface area contributed by atoms with Crippen LogP contribution in [0, 0.1) is 17.0 Å². The lowest BCUT2D eigenvalue weighted by atomic mass is 10.1. The van der Waals surface area contributed by atoms with Crippen molar-refractivity contribution < 1.29 is 9.72 Å². The zero-order valence-corrected chi connectivity index (χ0v) is 11.7. The van der Waals surface area contributed by atoms with Crippen LogP contribution in [0.25, 0.3) is 0 Å². The minimum atomic E-state index is -0.509. The van der Waals surface area contributed by atoms with Gasteiger partial charge in [-0.2, -0.15) is 0 Å². The van der Waals surface area contributed by atoms with Gasteiger partial charge >= 0.3 is 0 Å². The van der Waals surface area contributed by atoms with Crippen LogP contribution in [-0.4, -0.2) is 22.8 Å². The Morgan fingerprint density at radius 2 is 2.16 bits per heavy atom. The van der Waals surface area contributed by atoms with Crippen LogP contribution in [0.3, 0.4) is 0 Å². The van der Waals surface area contributed by atoms with E-state index in [4.69, 9.17) is 11.6 Å². The van der Waals surface area contributed by atoms with E-state index in [2.05, 4.69) is 5.32 Å². The molecule has 0 saturated carbocycles. The zero-order chi connectivity index (χ0) is 14.4. The molecule has 0 aliphatic rings. The van der Waals surface area contributed by atoms with Gasteiger partial charge in [-0.05, 0) is 25.0 Å². The molecule has 1 rings (SSSR count). The fourth-order valence-corrected chi connectivity index (χ4v) is 2.02. The quantitative estimate of drug-likeness (QED) is 0.496. The van der Waals surface area contributed by atoms with Gasteiger partial charge in [0.2, 0.25) is 0 Å². The van der Waals surface area contributed by atoms with Crippen LogP contribution in [0.4, 0.5) is 5.69 Å². The van der Waals surface area contributed by atoms with Gasteiger partial charge in [0, 0.05) is 24.2 Å². The number of nitro groups is 1. The third kappa shape index (κ3) is 4.87. The second-order valence-electron chi connectivity index (χ2n) is 4.41. The Kier molecular flexibility index (Phi) is 5.76. The van der Waals surface area contributed by atoms with Crippen molar-refractivity contribution in [3.8, 4) is 0 Å². The number of carbonyl (C=O) groups is 1. The van der Waals surface area contributed by atoms with Crippen LogP contribution in [0.5, 0.6) is 0 Å². The molecule has 0 bridgehead atoms. The second-order valence-corrected chi connectivity index (χ2v) is 5.03. The monoisotopic (exact) mass is 284 g/mol. The van der Waals surface area contributed by atoms with E-state index in [1.807, 2.05) is 6.92 Å². The van der Waals surface area contributed by atoms with E-state index in [1.54, 1.807) is 13.0 Å². The Hall–Kier alpha value is -1.62. The summed E-state index contributed by atoms with van der Waals surface area (Å²) in [6.45, 7) is 4.09. The molecule has 0 aromatic heterocycles. The summed E-state index contributed by atoms with van der Waals surface area (Å²) in [5.74, 6) is -0.339. The molecule has 1 aromatic rings. The lowest BCUT2D eigenvalue weighted by Crippen LogP contribution is -2.29. The topological polar surface area (TPSA) is 72.2 Å². The molecule has 0 radical (unpaired) electrons. The molecule has 1 unspecified atom stereocenters. The number of halogens is 1. The summed E-state index contributed by atoms with van der Waals surface area (Å²) in [5.41, 5.74) is 0.878. The highest BCUT2D eigenvalue weighted by Gasteiger charge is 2.14. The average Bonchev–Trinajstić information content (AvgIpc) is 2.35. The van der Waals surface area contributed by atoms with Gasteiger partial charge in [-0.25, -0.2) is 0 Å². The molecule has 0 aliphatic heterocycles. The Balaban J connectivity index is 2.74. The van der Waals surface area contributed by atoms with Crippen molar-refractivity contribution in [2.75, 3.05) is 6.54 Å². The number of aryl methyl sites for hydroxylation is 1. The first-order chi connectivity index (χ1) is 8.93. The van der Waals surface area contributed by atoms with Crippen LogP contribution in [0.15, 0.2) is 18.2 Å². The summed E-state index contributed by atoms with van der Waals surface area (Å²) in [6.07, 6.45) is 1.76. The van der Waals surface area contributed by atoms with E-state index in [9.17, 15) is 14.9 Å². The first-order valence-electron chi connectivity index (χ1n) is 6.12. The molecule has 0 spiro atoms. The fraction of sp³-hybridized carbons (Fsp3) is 0.462. The zero-order valence-electron chi connectivity index (χ0n) is 11.0. The molecule has 1 N–H and O–H groups in total. The highest BCUT2D eigenvalue weighted by Crippen LogP contribution is 2.16. The number of nitrogens with one attached hydrogen (secondary N) is 1. The molecule has 1 atom stereocenters. The Labute approximate surface area is 117 Å². The Morgan fingerprint density at radius 1 is 1.47 bits per heavy atom. The molecule has 6 heteroatoms. The normalized spacial score (nSPS) is 11.9. The van der Waals surface area contributed by atoms with E-state index in [1.165, 1.54) is 12.1 Å². The van der Waals surface area contributed by atoms with Crippen molar-refractivity contribution >= 4 is 23.2 Å². The number of nitro benzene ring substituents is 1. The van der Waals surface area contributed by atoms with Gasteiger partial charge in [0.25, 0.3) is 11.6 Å². The first-order valence-corrected chi connectivity index (χ1v) is 6.56. The standard InChI is InChI=1S/C13H17ClN2O3/c1-3-4-11(14)8-15-13(17)10-5-9(2)6-12(7-10)16(18)19/h5-7,11H,3-4,8H2,1-2H3,(H,15,17). The molecule has 0 heterocycles. The van der Waals surface area contributed by atoms with Crippen molar-refractivity contribution in [2.24, 2.45) is 0 Å². The number of alkyl halides is 1. The summed E-state index contributed by atoms with van der Waals surface area (Å²) in [7, 11) is 0. The van der Waals surface area contributed by atoms with Crippen LogP contribution >= 0.6 is 11.6 Å². The predicted molar refractivity (Wildman–Crippen MR) is 74.7 cm³/mol. The highest BCUT2D eigenvalue weighted by atomic mass is 35.5. The minimum absolute atomic E-state index is 0.0823.